The molecule has 2 aromatic carbocycles. The number of rotatable bonds is 5. The number of hydrogen-bond acceptors (Lipinski definition) is 3. The zero-order valence-corrected chi connectivity index (χ0v) is 13.7. The first-order valence-corrected chi connectivity index (χ1v) is 8.11. The first-order valence-electron chi connectivity index (χ1n) is 8.11. The Hall–Kier alpha value is -2.47. The van der Waals surface area contributed by atoms with Gasteiger partial charge in [0.25, 0.3) is 5.91 Å². The number of halogens is 2. The summed E-state index contributed by atoms with van der Waals surface area (Å²) >= 11 is 0. The van der Waals surface area contributed by atoms with Crippen LogP contribution in [0.4, 0.5) is 8.78 Å². The largest absolute Gasteiger partial charge is 0.481 e. The van der Waals surface area contributed by atoms with Crippen LogP contribution < -0.4 is 10.1 Å². The van der Waals surface area contributed by atoms with E-state index in [0.29, 0.717) is 6.42 Å². The summed E-state index contributed by atoms with van der Waals surface area (Å²) in [6, 6.07) is 10.6. The van der Waals surface area contributed by atoms with Crippen molar-refractivity contribution in [1.29, 1.82) is 0 Å². The van der Waals surface area contributed by atoms with E-state index in [1.807, 2.05) is 24.3 Å². The van der Waals surface area contributed by atoms with Gasteiger partial charge < -0.3 is 15.2 Å². The number of nitrogens with one attached hydrogen (secondary N) is 1. The normalized spacial score (nSPS) is 20.0. The van der Waals surface area contributed by atoms with Crippen LogP contribution in [-0.4, -0.2) is 23.7 Å². The van der Waals surface area contributed by atoms with Gasteiger partial charge in [-0.1, -0.05) is 24.3 Å². The lowest BCUT2D eigenvalue weighted by Crippen LogP contribution is -2.38. The van der Waals surface area contributed by atoms with Crippen molar-refractivity contribution in [2.75, 3.05) is 6.61 Å². The summed E-state index contributed by atoms with van der Waals surface area (Å²) in [7, 11) is 0. The second kappa shape index (κ2) is 7.19. The van der Waals surface area contributed by atoms with Crippen LogP contribution in [0, 0.1) is 11.6 Å². The van der Waals surface area contributed by atoms with E-state index in [1.165, 1.54) is 6.07 Å². The molecule has 0 radical (unpaired) electrons. The van der Waals surface area contributed by atoms with Crippen LogP contribution in [0.3, 0.4) is 0 Å². The topological polar surface area (TPSA) is 58.6 Å². The molecular weight excluding hydrogens is 328 g/mol. The van der Waals surface area contributed by atoms with E-state index < -0.39 is 17.7 Å². The van der Waals surface area contributed by atoms with Crippen LogP contribution in [-0.2, 0) is 4.79 Å². The Kier molecular flexibility index (Phi) is 4.99. The number of benzene rings is 2. The molecule has 132 valence electrons. The Balaban J connectivity index is 1.67. The number of fused-ring (bicyclic) bond motifs is 1. The molecule has 25 heavy (non-hydrogen) atoms. The van der Waals surface area contributed by atoms with Crippen molar-refractivity contribution in [2.24, 2.45) is 0 Å². The highest BCUT2D eigenvalue weighted by Crippen LogP contribution is 2.39. The van der Waals surface area contributed by atoms with Crippen LogP contribution in [0.15, 0.2) is 42.5 Å². The molecule has 0 aliphatic heterocycles. The fraction of sp³-hybridized carbons (Fsp3) is 0.316. The third-order valence-corrected chi connectivity index (χ3v) is 4.44. The average Bonchev–Trinajstić information content (AvgIpc) is 2.96. The lowest BCUT2D eigenvalue weighted by molar-refractivity contribution is -0.128. The maximum absolute atomic E-state index is 13.2. The summed E-state index contributed by atoms with van der Waals surface area (Å²) in [6.45, 7) is 1.56. The molecular formula is C19H19F2NO3. The minimum atomic E-state index is -1.03. The summed E-state index contributed by atoms with van der Waals surface area (Å²) < 4.78 is 31.6. The SMILES string of the molecule is CC(Oc1ccc(F)c(F)c1)C(=O)NC1CC(CO)c2ccccc21. The number of carbonyl (C=O) groups is 1. The number of carbonyl (C=O) groups excluding carboxylic acids is 1. The highest BCUT2D eigenvalue weighted by atomic mass is 19.2. The van der Waals surface area contributed by atoms with Gasteiger partial charge in [-0.3, -0.25) is 4.79 Å². The van der Waals surface area contributed by atoms with Gasteiger partial charge >= 0.3 is 0 Å². The van der Waals surface area contributed by atoms with Gasteiger partial charge in [0.2, 0.25) is 0 Å². The minimum absolute atomic E-state index is 0.0103. The Morgan fingerprint density at radius 3 is 2.64 bits per heavy atom. The van der Waals surface area contributed by atoms with E-state index in [9.17, 15) is 18.7 Å². The van der Waals surface area contributed by atoms with Gasteiger partial charge in [-0.25, -0.2) is 8.78 Å². The number of amides is 1. The predicted molar refractivity (Wildman–Crippen MR) is 88.2 cm³/mol. The molecule has 0 saturated carbocycles. The lowest BCUT2D eigenvalue weighted by atomic mass is 10.0. The number of aliphatic hydroxyl groups excluding tert-OH is 1. The Labute approximate surface area is 144 Å². The maximum atomic E-state index is 13.2. The van der Waals surface area contributed by atoms with Crippen molar-refractivity contribution >= 4 is 5.91 Å². The standard InChI is InChI=1S/C19H19F2NO3/c1-11(25-13-6-7-16(20)17(21)9-13)19(24)22-18-8-12(10-23)14-4-2-3-5-15(14)18/h2-7,9,11-12,18,23H,8,10H2,1H3,(H,22,24). The summed E-state index contributed by atoms with van der Waals surface area (Å²) in [5.74, 6) is -2.28. The van der Waals surface area contributed by atoms with Crippen LogP contribution in [0.5, 0.6) is 5.75 Å². The smallest absolute Gasteiger partial charge is 0.261 e. The first kappa shape index (κ1) is 17.4. The van der Waals surface area contributed by atoms with Gasteiger partial charge in [0.05, 0.1) is 12.6 Å². The quantitative estimate of drug-likeness (QED) is 0.874. The van der Waals surface area contributed by atoms with Gasteiger partial charge in [0.1, 0.15) is 5.75 Å². The molecule has 2 N–H and O–H groups in total. The number of ether oxygens (including phenoxy) is 1. The molecule has 0 saturated heterocycles. The van der Waals surface area contributed by atoms with Crippen LogP contribution in [0.1, 0.15) is 36.4 Å². The van der Waals surface area contributed by atoms with E-state index in [0.717, 1.165) is 23.3 Å². The second-order valence-electron chi connectivity index (χ2n) is 6.14. The summed E-state index contributed by atoms with van der Waals surface area (Å²) in [6.07, 6.45) is -0.260. The van der Waals surface area contributed by atoms with Gasteiger partial charge in [0.15, 0.2) is 17.7 Å². The predicted octanol–water partition coefficient (Wildman–Crippen LogP) is 3.07. The highest BCUT2D eigenvalue weighted by Gasteiger charge is 2.32. The van der Waals surface area contributed by atoms with E-state index >= 15 is 0 Å². The Morgan fingerprint density at radius 1 is 1.24 bits per heavy atom. The molecule has 6 heteroatoms. The molecule has 0 aromatic heterocycles. The van der Waals surface area contributed by atoms with Gasteiger partial charge in [-0.15, -0.1) is 0 Å². The summed E-state index contributed by atoms with van der Waals surface area (Å²) in [5.41, 5.74) is 2.01. The molecule has 0 spiro atoms. The monoisotopic (exact) mass is 347 g/mol. The fourth-order valence-corrected chi connectivity index (χ4v) is 3.14. The van der Waals surface area contributed by atoms with Crippen molar-refractivity contribution in [2.45, 2.75) is 31.4 Å². The summed E-state index contributed by atoms with van der Waals surface area (Å²) in [5, 5.41) is 12.4. The molecule has 0 fully saturated rings. The van der Waals surface area contributed by atoms with Crippen LogP contribution in [0.2, 0.25) is 0 Å². The first-order chi connectivity index (χ1) is 12.0. The molecule has 3 unspecified atom stereocenters. The second-order valence-corrected chi connectivity index (χ2v) is 6.14. The average molecular weight is 347 g/mol. The number of aliphatic hydroxyl groups is 1. The van der Waals surface area contributed by atoms with Gasteiger partial charge in [-0.05, 0) is 36.6 Å². The number of hydrogen-bond donors (Lipinski definition) is 2. The molecule has 1 amide bonds. The van der Waals surface area contributed by atoms with Gasteiger partial charge in [-0.2, -0.15) is 0 Å². The van der Waals surface area contributed by atoms with E-state index in [4.69, 9.17) is 4.74 Å². The van der Waals surface area contributed by atoms with E-state index in [1.54, 1.807) is 6.92 Å². The molecule has 3 rings (SSSR count). The maximum Gasteiger partial charge on any atom is 0.261 e. The summed E-state index contributed by atoms with van der Waals surface area (Å²) in [4.78, 5) is 12.4. The lowest BCUT2D eigenvalue weighted by Gasteiger charge is -2.19. The van der Waals surface area contributed by atoms with Gasteiger partial charge in [0, 0.05) is 12.0 Å². The highest BCUT2D eigenvalue weighted by molar-refractivity contribution is 5.81. The Morgan fingerprint density at radius 2 is 1.96 bits per heavy atom. The fourth-order valence-electron chi connectivity index (χ4n) is 3.14. The molecule has 0 heterocycles. The van der Waals surface area contributed by atoms with E-state index in [2.05, 4.69) is 5.32 Å². The molecule has 1 aliphatic carbocycles. The zero-order valence-electron chi connectivity index (χ0n) is 13.7. The van der Waals surface area contributed by atoms with Crippen molar-refractivity contribution < 1.29 is 23.4 Å². The van der Waals surface area contributed by atoms with Crippen molar-refractivity contribution in [1.82, 2.24) is 5.32 Å². The third-order valence-electron chi connectivity index (χ3n) is 4.44. The third kappa shape index (κ3) is 3.64. The minimum Gasteiger partial charge on any atom is -0.481 e. The molecule has 0 bridgehead atoms. The molecule has 4 nitrogen and oxygen atoms in total. The molecule has 3 atom stereocenters. The van der Waals surface area contributed by atoms with Crippen LogP contribution in [0.25, 0.3) is 0 Å². The molecule has 2 aromatic rings. The Bertz CT molecular complexity index is 781. The van der Waals surface area contributed by atoms with Crippen molar-refractivity contribution in [3.05, 3.63) is 65.2 Å². The van der Waals surface area contributed by atoms with E-state index in [-0.39, 0.29) is 30.2 Å². The van der Waals surface area contributed by atoms with Crippen molar-refractivity contribution in [3.63, 3.8) is 0 Å². The zero-order chi connectivity index (χ0) is 18.0. The van der Waals surface area contributed by atoms with Crippen LogP contribution >= 0.6 is 0 Å². The van der Waals surface area contributed by atoms with Crippen molar-refractivity contribution in [3.8, 4) is 5.75 Å². The molecule has 1 aliphatic rings.